The maximum atomic E-state index is 13.5. The lowest BCUT2D eigenvalue weighted by Crippen LogP contribution is -2.50. The summed E-state index contributed by atoms with van der Waals surface area (Å²) in [7, 11) is 0. The van der Waals surface area contributed by atoms with E-state index in [4.69, 9.17) is 0 Å². The minimum atomic E-state index is -1.11. The second-order valence-electron chi connectivity index (χ2n) is 7.49. The van der Waals surface area contributed by atoms with Gasteiger partial charge >= 0.3 is 0 Å². The molecule has 28 heavy (non-hydrogen) atoms. The van der Waals surface area contributed by atoms with Crippen LogP contribution in [0.15, 0.2) is 58.2 Å². The van der Waals surface area contributed by atoms with Gasteiger partial charge in [-0.15, -0.1) is 0 Å². The number of hydrogen-bond donors (Lipinski definition) is 2. The lowest BCUT2D eigenvalue weighted by Gasteiger charge is -2.32. The third-order valence-corrected chi connectivity index (χ3v) is 6.76. The molecule has 6 nitrogen and oxygen atoms in total. The molecule has 3 aliphatic heterocycles. The average molecular weight is 440 g/mol. The molecule has 2 fully saturated rings. The van der Waals surface area contributed by atoms with E-state index in [1.54, 1.807) is 17.0 Å². The van der Waals surface area contributed by atoms with E-state index in [1.807, 2.05) is 36.4 Å². The number of benzene rings is 2. The normalized spacial score (nSPS) is 28.6. The molecular formula is C21H18BrN3O3. The van der Waals surface area contributed by atoms with E-state index < -0.39 is 11.3 Å². The molecule has 3 heterocycles. The average Bonchev–Trinajstić information content (AvgIpc) is 3.35. The van der Waals surface area contributed by atoms with Crippen molar-refractivity contribution in [1.82, 2.24) is 4.90 Å². The highest BCUT2D eigenvalue weighted by Crippen LogP contribution is 2.55. The van der Waals surface area contributed by atoms with Crippen LogP contribution in [0.5, 0.6) is 0 Å². The van der Waals surface area contributed by atoms with Gasteiger partial charge in [-0.3, -0.25) is 9.59 Å². The van der Waals surface area contributed by atoms with Crippen molar-refractivity contribution in [2.45, 2.75) is 24.3 Å². The van der Waals surface area contributed by atoms with E-state index >= 15 is 0 Å². The Kier molecular flexibility index (Phi) is 3.84. The van der Waals surface area contributed by atoms with E-state index in [0.717, 1.165) is 22.9 Å². The highest BCUT2D eigenvalue weighted by atomic mass is 79.9. The third-order valence-electron chi connectivity index (χ3n) is 6.27. The summed E-state index contributed by atoms with van der Waals surface area (Å²) in [6.07, 6.45) is 1.60. The van der Waals surface area contributed by atoms with Crippen LogP contribution in [0.25, 0.3) is 0 Å². The van der Waals surface area contributed by atoms with Gasteiger partial charge in [-0.2, -0.15) is 0 Å². The number of nitrogens with zero attached hydrogens (tertiary/aromatic N) is 2. The Morgan fingerprint density at radius 1 is 1.21 bits per heavy atom. The fourth-order valence-corrected chi connectivity index (χ4v) is 5.57. The minimum absolute atomic E-state index is 0.151. The Morgan fingerprint density at radius 2 is 2.00 bits per heavy atom. The van der Waals surface area contributed by atoms with Gasteiger partial charge in [0.25, 0.3) is 0 Å². The van der Waals surface area contributed by atoms with Crippen molar-refractivity contribution in [1.29, 1.82) is 0 Å². The molecular weight excluding hydrogens is 422 g/mol. The molecule has 3 aliphatic rings. The minimum Gasteiger partial charge on any atom is -0.411 e. The van der Waals surface area contributed by atoms with Crippen LogP contribution >= 0.6 is 15.9 Å². The van der Waals surface area contributed by atoms with Gasteiger partial charge in [-0.05, 0) is 36.6 Å². The SMILES string of the molecule is O=C1[C@@H](/C(=N/O)c2ccccc2)[C@]2(C(=O)Nc3ccc(Br)cc32)C2CCCN12. The first-order valence-corrected chi connectivity index (χ1v) is 10.1. The number of rotatable bonds is 2. The summed E-state index contributed by atoms with van der Waals surface area (Å²) in [4.78, 5) is 28.8. The number of anilines is 1. The maximum Gasteiger partial charge on any atom is 0.238 e. The first-order chi connectivity index (χ1) is 13.6. The first kappa shape index (κ1) is 17.4. The van der Waals surface area contributed by atoms with Gasteiger partial charge in [0, 0.05) is 22.3 Å². The second kappa shape index (κ2) is 6.17. The highest BCUT2D eigenvalue weighted by molar-refractivity contribution is 9.10. The van der Waals surface area contributed by atoms with Crippen LogP contribution in [0.3, 0.4) is 0 Å². The van der Waals surface area contributed by atoms with E-state index in [9.17, 15) is 14.8 Å². The van der Waals surface area contributed by atoms with Crippen molar-refractivity contribution < 1.29 is 14.8 Å². The van der Waals surface area contributed by atoms with Gasteiger partial charge in [0.15, 0.2) is 0 Å². The fraction of sp³-hybridized carbons (Fsp3) is 0.286. The smallest absolute Gasteiger partial charge is 0.238 e. The Hall–Kier alpha value is -2.67. The number of halogens is 1. The standard InChI is InChI=1S/C21H18BrN3O3/c22-13-8-9-15-14(11-13)21(20(27)23-15)16-7-4-10-25(16)19(26)17(21)18(24-28)12-5-2-1-3-6-12/h1-3,5-6,8-9,11,16-17,28H,4,7,10H2,(H,23,27)/b24-18+/t16?,17-,21-/m1/s1. The number of oxime groups is 1. The van der Waals surface area contributed by atoms with Crippen molar-refractivity contribution in [3.63, 3.8) is 0 Å². The molecule has 2 aromatic carbocycles. The predicted octanol–water partition coefficient (Wildman–Crippen LogP) is 3.14. The first-order valence-electron chi connectivity index (χ1n) is 9.28. The molecule has 0 saturated carbocycles. The Morgan fingerprint density at radius 3 is 2.75 bits per heavy atom. The molecule has 2 aromatic rings. The topological polar surface area (TPSA) is 82.0 Å². The molecule has 0 bridgehead atoms. The summed E-state index contributed by atoms with van der Waals surface area (Å²) in [6.45, 7) is 0.617. The lowest BCUT2D eigenvalue weighted by atomic mass is 9.65. The van der Waals surface area contributed by atoms with Gasteiger partial charge in [0.2, 0.25) is 11.8 Å². The van der Waals surface area contributed by atoms with Gasteiger partial charge in [0.1, 0.15) is 17.0 Å². The highest BCUT2D eigenvalue weighted by Gasteiger charge is 2.69. The largest absolute Gasteiger partial charge is 0.411 e. The number of hydrogen-bond acceptors (Lipinski definition) is 4. The van der Waals surface area contributed by atoms with Gasteiger partial charge in [-0.1, -0.05) is 51.4 Å². The molecule has 1 unspecified atom stereocenters. The second-order valence-corrected chi connectivity index (χ2v) is 8.40. The van der Waals surface area contributed by atoms with Crippen LogP contribution in [-0.4, -0.2) is 40.2 Å². The van der Waals surface area contributed by atoms with Crippen LogP contribution in [0.1, 0.15) is 24.0 Å². The predicted molar refractivity (Wildman–Crippen MR) is 107 cm³/mol. The van der Waals surface area contributed by atoms with E-state index in [2.05, 4.69) is 26.4 Å². The van der Waals surface area contributed by atoms with Crippen LogP contribution in [0.4, 0.5) is 5.69 Å². The summed E-state index contributed by atoms with van der Waals surface area (Å²) in [5, 5.41) is 16.4. The van der Waals surface area contributed by atoms with Gasteiger partial charge in [0.05, 0.1) is 6.04 Å². The monoisotopic (exact) mass is 439 g/mol. The van der Waals surface area contributed by atoms with Crippen LogP contribution in [0.2, 0.25) is 0 Å². The molecule has 142 valence electrons. The van der Waals surface area contributed by atoms with Crippen LogP contribution < -0.4 is 5.32 Å². The lowest BCUT2D eigenvalue weighted by molar-refractivity contribution is -0.130. The zero-order valence-electron chi connectivity index (χ0n) is 14.9. The Balaban J connectivity index is 1.78. The van der Waals surface area contributed by atoms with E-state index in [0.29, 0.717) is 17.8 Å². The summed E-state index contributed by atoms with van der Waals surface area (Å²) >= 11 is 3.50. The summed E-state index contributed by atoms with van der Waals surface area (Å²) in [5.74, 6) is -1.23. The van der Waals surface area contributed by atoms with Gasteiger partial charge in [-0.25, -0.2) is 0 Å². The van der Waals surface area contributed by atoms with Crippen molar-refractivity contribution in [2.75, 3.05) is 11.9 Å². The van der Waals surface area contributed by atoms with Crippen LogP contribution in [-0.2, 0) is 15.0 Å². The summed E-state index contributed by atoms with van der Waals surface area (Å²) < 4.78 is 0.840. The molecule has 3 atom stereocenters. The number of amides is 2. The summed E-state index contributed by atoms with van der Waals surface area (Å²) in [6, 6.07) is 14.5. The molecule has 2 saturated heterocycles. The van der Waals surface area contributed by atoms with E-state index in [1.165, 1.54) is 0 Å². The molecule has 5 rings (SSSR count). The molecule has 2 N–H and O–H groups in total. The molecule has 0 aliphatic carbocycles. The third kappa shape index (κ3) is 2.11. The van der Waals surface area contributed by atoms with Gasteiger partial charge < -0.3 is 15.4 Å². The number of nitrogens with one attached hydrogen (secondary N) is 1. The zero-order valence-corrected chi connectivity index (χ0v) is 16.5. The summed E-state index contributed by atoms with van der Waals surface area (Å²) in [5.41, 5.74) is 1.27. The Bertz CT molecular complexity index is 1020. The van der Waals surface area contributed by atoms with Crippen molar-refractivity contribution in [3.8, 4) is 0 Å². The quantitative estimate of drug-likeness (QED) is 0.428. The fourth-order valence-electron chi connectivity index (χ4n) is 5.21. The molecule has 1 spiro atoms. The van der Waals surface area contributed by atoms with Crippen molar-refractivity contribution in [3.05, 3.63) is 64.1 Å². The number of carbonyl (C=O) groups is 2. The van der Waals surface area contributed by atoms with Crippen molar-refractivity contribution >= 4 is 39.1 Å². The van der Waals surface area contributed by atoms with Crippen LogP contribution in [0, 0.1) is 5.92 Å². The molecule has 7 heteroatoms. The van der Waals surface area contributed by atoms with E-state index in [-0.39, 0.29) is 23.6 Å². The Labute approximate surface area is 170 Å². The molecule has 0 aromatic heterocycles. The number of fused-ring (bicyclic) bond motifs is 4. The molecule has 0 radical (unpaired) electrons. The van der Waals surface area contributed by atoms with Crippen molar-refractivity contribution in [2.24, 2.45) is 11.1 Å². The maximum absolute atomic E-state index is 13.5. The number of carbonyl (C=O) groups excluding carboxylic acids is 2. The molecule has 2 amide bonds. The zero-order chi connectivity index (χ0) is 19.5.